The Morgan fingerprint density at radius 3 is 2.83 bits per heavy atom. The molecule has 0 bridgehead atoms. The Bertz CT molecular complexity index is 994. The van der Waals surface area contributed by atoms with Gasteiger partial charge in [0.25, 0.3) is 5.56 Å². The summed E-state index contributed by atoms with van der Waals surface area (Å²) in [4.78, 5) is 24.4. The van der Waals surface area contributed by atoms with Crippen LogP contribution >= 0.6 is 0 Å². The molecule has 1 atom stereocenters. The van der Waals surface area contributed by atoms with E-state index in [1.807, 2.05) is 0 Å². The molecular weight excluding hydrogens is 321 g/mol. The molecule has 0 fully saturated rings. The van der Waals surface area contributed by atoms with Gasteiger partial charge in [-0.15, -0.1) is 6.58 Å². The second kappa shape index (κ2) is 5.84. The fraction of sp³-hybridized carbons (Fsp3) is 0.143. The smallest absolute Gasteiger partial charge is 0.267 e. The molecule has 0 aliphatic carbocycles. The zero-order chi connectivity index (χ0) is 16.6. The number of rotatable bonds is 4. The lowest BCUT2D eigenvalue weighted by molar-refractivity contribution is 0.555. The number of pyridine rings is 1. The Kier molecular flexibility index (Phi) is 3.87. The van der Waals surface area contributed by atoms with Gasteiger partial charge in [-0.25, -0.2) is 24.3 Å². The first kappa shape index (κ1) is 15.2. The first-order valence-electron chi connectivity index (χ1n) is 6.58. The van der Waals surface area contributed by atoms with E-state index >= 15 is 0 Å². The third-order valence-electron chi connectivity index (χ3n) is 3.13. The van der Waals surface area contributed by atoms with E-state index in [0.717, 1.165) is 0 Å². The highest BCUT2D eigenvalue weighted by Crippen LogP contribution is 2.15. The second-order valence-electron chi connectivity index (χ2n) is 4.65. The third-order valence-corrected chi connectivity index (χ3v) is 3.84. The van der Waals surface area contributed by atoms with Gasteiger partial charge in [0.2, 0.25) is 11.1 Å². The largest absolute Gasteiger partial charge is 0.278 e. The van der Waals surface area contributed by atoms with Crippen molar-refractivity contribution in [3.63, 3.8) is 0 Å². The minimum Gasteiger partial charge on any atom is -0.267 e. The molecule has 0 spiro atoms. The molecule has 0 aliphatic rings. The van der Waals surface area contributed by atoms with E-state index in [1.165, 1.54) is 40.0 Å². The van der Waals surface area contributed by atoms with Crippen LogP contribution in [0.3, 0.4) is 0 Å². The minimum atomic E-state index is -1.42. The average Bonchev–Trinajstić information content (AvgIpc) is 2.80. The molecule has 23 heavy (non-hydrogen) atoms. The molecule has 9 heteroatoms. The maximum atomic E-state index is 13.5. The molecule has 0 N–H and O–H groups in total. The zero-order valence-electron chi connectivity index (χ0n) is 12.1. The van der Waals surface area contributed by atoms with Gasteiger partial charge in [-0.1, -0.05) is 12.1 Å². The lowest BCUT2D eigenvalue weighted by atomic mass is 10.4. The number of hydrogen-bond acceptors (Lipinski definition) is 5. The van der Waals surface area contributed by atoms with Crippen LogP contribution in [0.2, 0.25) is 0 Å². The molecule has 0 saturated heterocycles. The fourth-order valence-electron chi connectivity index (χ4n) is 2.19. The van der Waals surface area contributed by atoms with Gasteiger partial charge in [-0.05, 0) is 12.1 Å². The van der Waals surface area contributed by atoms with E-state index in [9.17, 15) is 13.4 Å². The van der Waals surface area contributed by atoms with Crippen molar-refractivity contribution in [2.75, 3.05) is 6.26 Å². The number of aromatic nitrogens is 5. The van der Waals surface area contributed by atoms with Gasteiger partial charge >= 0.3 is 0 Å². The van der Waals surface area contributed by atoms with Crippen LogP contribution in [0.5, 0.6) is 0 Å². The average molecular weight is 333 g/mol. The van der Waals surface area contributed by atoms with Crippen molar-refractivity contribution < 1.29 is 8.60 Å². The molecule has 0 aromatic carbocycles. The van der Waals surface area contributed by atoms with Crippen LogP contribution in [-0.2, 0) is 17.3 Å². The van der Waals surface area contributed by atoms with Crippen LogP contribution in [0.1, 0.15) is 0 Å². The maximum absolute atomic E-state index is 13.5. The molecule has 0 saturated carbocycles. The summed E-state index contributed by atoms with van der Waals surface area (Å²) in [6.45, 7) is 3.79. The maximum Gasteiger partial charge on any atom is 0.278 e. The van der Waals surface area contributed by atoms with Gasteiger partial charge in [-0.2, -0.15) is 4.39 Å². The molecule has 1 unspecified atom stereocenters. The first-order valence-corrected chi connectivity index (χ1v) is 8.14. The number of fused-ring (bicyclic) bond motifs is 1. The lowest BCUT2D eigenvalue weighted by Crippen LogP contribution is -2.22. The quantitative estimate of drug-likeness (QED) is 0.405. The predicted octanol–water partition coefficient (Wildman–Crippen LogP) is 1.04. The highest BCUT2D eigenvalue weighted by Gasteiger charge is 2.18. The van der Waals surface area contributed by atoms with Crippen molar-refractivity contribution in [3.05, 3.63) is 53.4 Å². The molecular formula is C14H12FN5O2S. The molecule has 0 radical (unpaired) electrons. The SMILES string of the molecule is C=CCn1c(=O)c2cnc(S(C)=O)nc2n1-c1cccc(F)n1. The normalized spacial score (nSPS) is 12.4. The molecule has 3 rings (SSSR count). The van der Waals surface area contributed by atoms with Crippen molar-refractivity contribution in [1.82, 2.24) is 24.3 Å². The van der Waals surface area contributed by atoms with Crippen LogP contribution in [0.25, 0.3) is 16.9 Å². The summed E-state index contributed by atoms with van der Waals surface area (Å²) in [5.41, 5.74) is -0.144. The van der Waals surface area contributed by atoms with Gasteiger partial charge < -0.3 is 0 Å². The Balaban J connectivity index is 2.42. The van der Waals surface area contributed by atoms with Crippen molar-refractivity contribution in [2.45, 2.75) is 11.7 Å². The van der Waals surface area contributed by atoms with E-state index in [0.29, 0.717) is 0 Å². The Morgan fingerprint density at radius 1 is 1.39 bits per heavy atom. The van der Waals surface area contributed by atoms with E-state index < -0.39 is 16.7 Å². The van der Waals surface area contributed by atoms with Crippen molar-refractivity contribution in [3.8, 4) is 5.82 Å². The van der Waals surface area contributed by atoms with E-state index in [1.54, 1.807) is 6.07 Å². The van der Waals surface area contributed by atoms with Crippen molar-refractivity contribution in [2.24, 2.45) is 0 Å². The van der Waals surface area contributed by atoms with Gasteiger partial charge in [-0.3, -0.25) is 9.00 Å². The third kappa shape index (κ3) is 2.59. The van der Waals surface area contributed by atoms with Crippen molar-refractivity contribution >= 4 is 21.8 Å². The highest BCUT2D eigenvalue weighted by atomic mass is 32.2. The summed E-state index contributed by atoms with van der Waals surface area (Å²) >= 11 is 0. The summed E-state index contributed by atoms with van der Waals surface area (Å²) in [5.74, 6) is -0.499. The molecule has 0 amide bonds. The Morgan fingerprint density at radius 2 is 2.17 bits per heavy atom. The zero-order valence-corrected chi connectivity index (χ0v) is 13.0. The minimum absolute atomic E-state index is 0.0819. The molecule has 0 aliphatic heterocycles. The Labute approximate surface area is 132 Å². The lowest BCUT2D eigenvalue weighted by Gasteiger charge is -2.09. The molecule has 3 heterocycles. The predicted molar refractivity (Wildman–Crippen MR) is 83.4 cm³/mol. The summed E-state index contributed by atoms with van der Waals surface area (Å²) in [6, 6.07) is 4.23. The monoisotopic (exact) mass is 333 g/mol. The van der Waals surface area contributed by atoms with Gasteiger partial charge in [0.05, 0.1) is 17.3 Å². The van der Waals surface area contributed by atoms with Gasteiger partial charge in [0.15, 0.2) is 11.5 Å². The number of nitrogens with zero attached hydrogens (tertiary/aromatic N) is 5. The number of hydrogen-bond donors (Lipinski definition) is 0. The topological polar surface area (TPSA) is 82.7 Å². The molecule has 7 nitrogen and oxygen atoms in total. The van der Waals surface area contributed by atoms with Crippen LogP contribution in [0.4, 0.5) is 4.39 Å². The molecule has 3 aromatic rings. The summed E-state index contributed by atoms with van der Waals surface area (Å²) < 4.78 is 27.8. The van der Waals surface area contributed by atoms with E-state index in [-0.39, 0.29) is 34.1 Å². The molecule has 118 valence electrons. The molecule has 3 aromatic heterocycles. The highest BCUT2D eigenvalue weighted by molar-refractivity contribution is 7.84. The van der Waals surface area contributed by atoms with Crippen LogP contribution < -0.4 is 5.56 Å². The summed E-state index contributed by atoms with van der Waals surface area (Å²) in [5, 5.41) is 0.311. The van der Waals surface area contributed by atoms with E-state index in [4.69, 9.17) is 0 Å². The second-order valence-corrected chi connectivity index (χ2v) is 5.92. The van der Waals surface area contributed by atoms with Gasteiger partial charge in [0.1, 0.15) is 5.39 Å². The summed E-state index contributed by atoms with van der Waals surface area (Å²) in [6.07, 6.45) is 4.28. The van der Waals surface area contributed by atoms with Crippen LogP contribution in [0, 0.1) is 5.95 Å². The Hall–Kier alpha value is -2.68. The summed E-state index contributed by atoms with van der Waals surface area (Å²) in [7, 11) is -1.42. The number of halogens is 1. The van der Waals surface area contributed by atoms with Crippen molar-refractivity contribution in [1.29, 1.82) is 0 Å². The van der Waals surface area contributed by atoms with E-state index in [2.05, 4.69) is 21.5 Å². The first-order chi connectivity index (χ1) is 11.0. The van der Waals surface area contributed by atoms with Gasteiger partial charge in [0, 0.05) is 12.5 Å². The fourth-order valence-corrected chi connectivity index (χ4v) is 2.60. The van der Waals surface area contributed by atoms with Crippen LogP contribution in [-0.4, -0.2) is 34.8 Å². The van der Waals surface area contributed by atoms with Crippen LogP contribution in [0.15, 0.2) is 47.0 Å². The number of allylic oxidation sites excluding steroid dienone is 1. The standard InChI is InChI=1S/C14H12FN5O2S/c1-3-7-19-13(21)9-8-16-14(23(2)22)18-12(9)20(19)11-6-4-5-10(15)17-11/h3-6,8H,1,7H2,2H3.